The summed E-state index contributed by atoms with van der Waals surface area (Å²) < 4.78 is 13.3. The molecule has 0 spiro atoms. The summed E-state index contributed by atoms with van der Waals surface area (Å²) in [4.78, 5) is 14.1. The molecule has 0 saturated carbocycles. The van der Waals surface area contributed by atoms with E-state index < -0.39 is 0 Å². The summed E-state index contributed by atoms with van der Waals surface area (Å²) in [5, 5.41) is 7.28. The molecular weight excluding hydrogens is 355 g/mol. The van der Waals surface area contributed by atoms with Crippen LogP contribution in [0.2, 0.25) is 0 Å². The SMILES string of the molecule is CN(CCCCCc1cc(-c2cccc(F)c2)n[nH]1)C(=O)c1ccc(N)cc1. The number of nitrogens with two attached hydrogens (primary N) is 1. The minimum absolute atomic E-state index is 0.00769. The predicted octanol–water partition coefficient (Wildman–Crippen LogP) is 4.28. The highest BCUT2D eigenvalue weighted by molar-refractivity contribution is 5.94. The molecule has 5 nitrogen and oxygen atoms in total. The van der Waals surface area contributed by atoms with Gasteiger partial charge in [-0.2, -0.15) is 5.10 Å². The summed E-state index contributed by atoms with van der Waals surface area (Å²) in [7, 11) is 1.82. The molecule has 3 rings (SSSR count). The molecule has 6 heteroatoms. The first-order valence-corrected chi connectivity index (χ1v) is 9.44. The van der Waals surface area contributed by atoms with Crippen molar-refractivity contribution in [1.82, 2.24) is 15.1 Å². The minimum atomic E-state index is -0.264. The third-order valence-electron chi connectivity index (χ3n) is 4.70. The molecule has 3 aromatic rings. The van der Waals surface area contributed by atoms with Gasteiger partial charge in [0.1, 0.15) is 5.82 Å². The second-order valence-electron chi connectivity index (χ2n) is 6.95. The largest absolute Gasteiger partial charge is 0.399 e. The van der Waals surface area contributed by atoms with Gasteiger partial charge in [-0.3, -0.25) is 9.89 Å². The Labute approximate surface area is 164 Å². The van der Waals surface area contributed by atoms with Crippen LogP contribution in [0.25, 0.3) is 11.3 Å². The number of aryl methyl sites for hydroxylation is 1. The Morgan fingerprint density at radius 1 is 1.11 bits per heavy atom. The minimum Gasteiger partial charge on any atom is -0.399 e. The first-order valence-electron chi connectivity index (χ1n) is 9.44. The molecule has 0 radical (unpaired) electrons. The highest BCUT2D eigenvalue weighted by Crippen LogP contribution is 2.19. The Morgan fingerprint density at radius 3 is 2.64 bits per heavy atom. The molecule has 2 aromatic carbocycles. The van der Waals surface area contributed by atoms with E-state index in [1.165, 1.54) is 12.1 Å². The fourth-order valence-corrected chi connectivity index (χ4v) is 3.07. The van der Waals surface area contributed by atoms with Gasteiger partial charge in [0.25, 0.3) is 5.91 Å². The third-order valence-corrected chi connectivity index (χ3v) is 4.70. The molecule has 0 aliphatic heterocycles. The van der Waals surface area contributed by atoms with Crippen molar-refractivity contribution in [3.63, 3.8) is 0 Å². The molecule has 1 amide bonds. The van der Waals surface area contributed by atoms with Crippen LogP contribution < -0.4 is 5.73 Å². The van der Waals surface area contributed by atoms with Gasteiger partial charge < -0.3 is 10.6 Å². The second-order valence-corrected chi connectivity index (χ2v) is 6.95. The number of nitrogens with zero attached hydrogens (tertiary/aromatic N) is 2. The van der Waals surface area contributed by atoms with Crippen LogP contribution in [-0.2, 0) is 6.42 Å². The zero-order chi connectivity index (χ0) is 19.9. The van der Waals surface area contributed by atoms with E-state index >= 15 is 0 Å². The Kier molecular flexibility index (Phi) is 6.42. The number of rotatable bonds is 8. The van der Waals surface area contributed by atoms with E-state index in [4.69, 9.17) is 5.73 Å². The quantitative estimate of drug-likeness (QED) is 0.452. The van der Waals surface area contributed by atoms with E-state index in [9.17, 15) is 9.18 Å². The molecule has 0 bridgehead atoms. The molecule has 0 aliphatic rings. The molecule has 0 fully saturated rings. The van der Waals surface area contributed by atoms with Gasteiger partial charge in [0, 0.05) is 36.1 Å². The number of hydrogen-bond donors (Lipinski definition) is 2. The van der Waals surface area contributed by atoms with Crippen molar-refractivity contribution >= 4 is 11.6 Å². The topological polar surface area (TPSA) is 75.0 Å². The zero-order valence-corrected chi connectivity index (χ0v) is 16.0. The molecule has 0 aliphatic carbocycles. The highest BCUT2D eigenvalue weighted by Gasteiger charge is 2.11. The Morgan fingerprint density at radius 2 is 1.89 bits per heavy atom. The first kappa shape index (κ1) is 19.6. The second kappa shape index (κ2) is 9.17. The highest BCUT2D eigenvalue weighted by atomic mass is 19.1. The Bertz CT molecular complexity index is 920. The molecule has 1 aromatic heterocycles. The molecule has 146 valence electrons. The number of aromatic nitrogens is 2. The van der Waals surface area contributed by atoms with Crippen molar-refractivity contribution in [3.8, 4) is 11.3 Å². The number of benzene rings is 2. The average Bonchev–Trinajstić information content (AvgIpc) is 3.16. The maximum Gasteiger partial charge on any atom is 0.253 e. The molecular formula is C22H25FN4O. The monoisotopic (exact) mass is 380 g/mol. The van der Waals surface area contributed by atoms with Gasteiger partial charge >= 0.3 is 0 Å². The maximum atomic E-state index is 13.3. The van der Waals surface area contributed by atoms with Gasteiger partial charge in [-0.05, 0) is 61.7 Å². The van der Waals surface area contributed by atoms with Crippen molar-refractivity contribution in [3.05, 3.63) is 71.7 Å². The summed E-state index contributed by atoms with van der Waals surface area (Å²) in [6, 6.07) is 15.4. The van der Waals surface area contributed by atoms with E-state index in [1.54, 1.807) is 35.2 Å². The summed E-state index contributed by atoms with van der Waals surface area (Å²) in [6.45, 7) is 0.709. The number of aromatic amines is 1. The van der Waals surface area contributed by atoms with Crippen molar-refractivity contribution in [2.75, 3.05) is 19.3 Å². The van der Waals surface area contributed by atoms with Gasteiger partial charge in [0.15, 0.2) is 0 Å². The summed E-state index contributed by atoms with van der Waals surface area (Å²) in [5.74, 6) is -0.256. The fourth-order valence-electron chi connectivity index (χ4n) is 3.07. The number of carbonyl (C=O) groups excluding carboxylic acids is 1. The van der Waals surface area contributed by atoms with E-state index in [2.05, 4.69) is 10.2 Å². The van der Waals surface area contributed by atoms with E-state index in [0.717, 1.165) is 42.6 Å². The van der Waals surface area contributed by atoms with E-state index in [1.807, 2.05) is 19.2 Å². The van der Waals surface area contributed by atoms with Crippen LogP contribution in [-0.4, -0.2) is 34.6 Å². The van der Waals surface area contributed by atoms with Crippen LogP contribution in [0.15, 0.2) is 54.6 Å². The average molecular weight is 380 g/mol. The van der Waals surface area contributed by atoms with Crippen molar-refractivity contribution in [1.29, 1.82) is 0 Å². The van der Waals surface area contributed by atoms with Gasteiger partial charge in [-0.25, -0.2) is 4.39 Å². The van der Waals surface area contributed by atoms with Crippen LogP contribution in [0.5, 0.6) is 0 Å². The van der Waals surface area contributed by atoms with Crippen LogP contribution in [0.3, 0.4) is 0 Å². The number of unbranched alkanes of at least 4 members (excludes halogenated alkanes) is 2. The standard InChI is InChI=1S/C22H25FN4O/c1-27(22(28)16-9-11-19(24)12-10-16)13-4-2-3-8-20-15-21(26-25-20)17-6-5-7-18(23)14-17/h5-7,9-12,14-15H,2-4,8,13,24H2,1H3,(H,25,26). The molecule has 1 heterocycles. The van der Waals surface area contributed by atoms with Gasteiger partial charge in [0.2, 0.25) is 0 Å². The van der Waals surface area contributed by atoms with Crippen LogP contribution >= 0.6 is 0 Å². The predicted molar refractivity (Wildman–Crippen MR) is 109 cm³/mol. The first-order chi connectivity index (χ1) is 13.5. The number of carbonyl (C=O) groups is 1. The lowest BCUT2D eigenvalue weighted by Crippen LogP contribution is -2.27. The number of H-pyrrole nitrogens is 1. The zero-order valence-electron chi connectivity index (χ0n) is 16.0. The molecule has 28 heavy (non-hydrogen) atoms. The van der Waals surface area contributed by atoms with Crippen molar-refractivity contribution < 1.29 is 9.18 Å². The van der Waals surface area contributed by atoms with Crippen molar-refractivity contribution in [2.24, 2.45) is 0 Å². The Balaban J connectivity index is 1.40. The lowest BCUT2D eigenvalue weighted by atomic mass is 10.1. The summed E-state index contributed by atoms with van der Waals surface area (Å²) >= 11 is 0. The summed E-state index contributed by atoms with van der Waals surface area (Å²) in [5.41, 5.74) is 9.52. The normalized spacial score (nSPS) is 10.8. The van der Waals surface area contributed by atoms with Crippen molar-refractivity contribution in [2.45, 2.75) is 25.7 Å². The number of amides is 1. The number of nitrogen functional groups attached to an aromatic ring is 1. The third kappa shape index (κ3) is 5.19. The number of anilines is 1. The Hall–Kier alpha value is -3.15. The van der Waals surface area contributed by atoms with Crippen LogP contribution in [0.1, 0.15) is 35.3 Å². The van der Waals surface area contributed by atoms with Gasteiger partial charge in [-0.1, -0.05) is 18.6 Å². The smallest absolute Gasteiger partial charge is 0.253 e. The summed E-state index contributed by atoms with van der Waals surface area (Å²) in [6.07, 6.45) is 3.81. The number of hydrogen-bond acceptors (Lipinski definition) is 3. The molecule has 0 atom stereocenters. The van der Waals surface area contributed by atoms with Gasteiger partial charge in [-0.15, -0.1) is 0 Å². The molecule has 3 N–H and O–H groups in total. The van der Waals surface area contributed by atoms with Crippen LogP contribution in [0.4, 0.5) is 10.1 Å². The molecule has 0 unspecified atom stereocenters. The van der Waals surface area contributed by atoms with E-state index in [-0.39, 0.29) is 11.7 Å². The number of halogens is 1. The van der Waals surface area contributed by atoms with Crippen LogP contribution in [0, 0.1) is 5.82 Å². The lowest BCUT2D eigenvalue weighted by molar-refractivity contribution is 0.0792. The lowest BCUT2D eigenvalue weighted by Gasteiger charge is -2.17. The van der Waals surface area contributed by atoms with Gasteiger partial charge in [0.05, 0.1) is 5.69 Å². The maximum absolute atomic E-state index is 13.3. The fraction of sp³-hybridized carbons (Fsp3) is 0.273. The van der Waals surface area contributed by atoms with E-state index in [0.29, 0.717) is 17.8 Å². The molecule has 0 saturated heterocycles. The number of nitrogens with one attached hydrogen (secondary N) is 1.